The lowest BCUT2D eigenvalue weighted by Crippen LogP contribution is -2.51. The van der Waals surface area contributed by atoms with Crippen molar-refractivity contribution in [1.29, 1.82) is 0 Å². The monoisotopic (exact) mass is 340 g/mol. The van der Waals surface area contributed by atoms with Crippen LogP contribution in [0.5, 0.6) is 5.75 Å². The molecule has 110 valence electrons. The van der Waals surface area contributed by atoms with Crippen LogP contribution in [0.1, 0.15) is 18.9 Å². The predicted molar refractivity (Wildman–Crippen MR) is 83.1 cm³/mol. The minimum Gasteiger partial charge on any atom is -0.496 e. The van der Waals surface area contributed by atoms with Gasteiger partial charge in [0.15, 0.2) is 0 Å². The minimum atomic E-state index is 0.241. The number of carbonyl (C=O) groups is 1. The van der Waals surface area contributed by atoms with E-state index in [0.717, 1.165) is 41.8 Å². The van der Waals surface area contributed by atoms with Gasteiger partial charge in [0.2, 0.25) is 5.91 Å². The second-order valence-corrected chi connectivity index (χ2v) is 6.02. The molecule has 1 aromatic carbocycles. The van der Waals surface area contributed by atoms with Gasteiger partial charge < -0.3 is 15.0 Å². The highest BCUT2D eigenvalue weighted by molar-refractivity contribution is 9.10. The largest absolute Gasteiger partial charge is 0.496 e. The zero-order valence-corrected chi connectivity index (χ0v) is 13.6. The Labute approximate surface area is 128 Å². The van der Waals surface area contributed by atoms with Crippen LogP contribution in [0.25, 0.3) is 0 Å². The summed E-state index contributed by atoms with van der Waals surface area (Å²) in [5.74, 6) is 1.06. The molecule has 20 heavy (non-hydrogen) atoms. The van der Waals surface area contributed by atoms with Crippen molar-refractivity contribution >= 4 is 21.8 Å². The van der Waals surface area contributed by atoms with Gasteiger partial charge in [0, 0.05) is 32.1 Å². The average Bonchev–Trinajstić information content (AvgIpc) is 2.45. The number of rotatable bonds is 4. The fraction of sp³-hybridized carbons (Fsp3) is 0.533. The number of nitrogens with one attached hydrogen (secondary N) is 1. The highest BCUT2D eigenvalue weighted by Crippen LogP contribution is 2.26. The Morgan fingerprint density at radius 3 is 3.00 bits per heavy atom. The number of hydrogen-bond acceptors (Lipinski definition) is 3. The molecule has 1 atom stereocenters. The third-order valence-electron chi connectivity index (χ3n) is 3.57. The van der Waals surface area contributed by atoms with Crippen molar-refractivity contribution in [3.05, 3.63) is 28.2 Å². The van der Waals surface area contributed by atoms with Gasteiger partial charge in [-0.2, -0.15) is 0 Å². The van der Waals surface area contributed by atoms with Crippen molar-refractivity contribution in [3.8, 4) is 5.75 Å². The number of carbonyl (C=O) groups excluding carboxylic acids is 1. The summed E-state index contributed by atoms with van der Waals surface area (Å²) in [5.41, 5.74) is 1.15. The number of benzene rings is 1. The smallest absolute Gasteiger partial charge is 0.222 e. The van der Waals surface area contributed by atoms with Gasteiger partial charge in [0.25, 0.3) is 0 Å². The lowest BCUT2D eigenvalue weighted by Gasteiger charge is -2.32. The molecule has 1 N–H and O–H groups in total. The quantitative estimate of drug-likeness (QED) is 0.913. The van der Waals surface area contributed by atoms with Gasteiger partial charge in [-0.15, -0.1) is 0 Å². The number of nitrogens with zero attached hydrogens (tertiary/aromatic N) is 1. The molecule has 1 aliphatic rings. The van der Waals surface area contributed by atoms with Crippen LogP contribution >= 0.6 is 15.9 Å². The van der Waals surface area contributed by atoms with Crippen LogP contribution in [-0.4, -0.2) is 43.6 Å². The van der Waals surface area contributed by atoms with Crippen molar-refractivity contribution in [2.24, 2.45) is 0 Å². The first-order valence-corrected chi connectivity index (χ1v) is 7.73. The summed E-state index contributed by atoms with van der Waals surface area (Å²) in [6, 6.07) is 6.35. The van der Waals surface area contributed by atoms with Crippen molar-refractivity contribution in [1.82, 2.24) is 10.2 Å². The van der Waals surface area contributed by atoms with E-state index < -0.39 is 0 Å². The highest BCUT2D eigenvalue weighted by Gasteiger charge is 2.19. The number of ether oxygens (including phenoxy) is 1. The highest BCUT2D eigenvalue weighted by atomic mass is 79.9. The van der Waals surface area contributed by atoms with E-state index in [1.165, 1.54) is 0 Å². The Morgan fingerprint density at radius 1 is 1.55 bits per heavy atom. The van der Waals surface area contributed by atoms with Crippen molar-refractivity contribution in [3.63, 3.8) is 0 Å². The lowest BCUT2D eigenvalue weighted by atomic mass is 10.1. The van der Waals surface area contributed by atoms with Crippen LogP contribution in [0.4, 0.5) is 0 Å². The molecular weight excluding hydrogens is 320 g/mol. The van der Waals surface area contributed by atoms with Gasteiger partial charge in [-0.05, 0) is 47.0 Å². The molecule has 0 saturated carbocycles. The van der Waals surface area contributed by atoms with Crippen LogP contribution in [0.2, 0.25) is 0 Å². The third kappa shape index (κ3) is 3.96. The Bertz CT molecular complexity index is 479. The topological polar surface area (TPSA) is 41.6 Å². The number of aryl methyl sites for hydroxylation is 1. The molecule has 0 spiro atoms. The molecule has 1 amide bonds. The normalized spacial score (nSPS) is 18.9. The first-order chi connectivity index (χ1) is 9.60. The van der Waals surface area contributed by atoms with E-state index in [0.29, 0.717) is 12.5 Å². The fourth-order valence-electron chi connectivity index (χ4n) is 2.43. The number of piperazine rings is 1. The van der Waals surface area contributed by atoms with Crippen molar-refractivity contribution in [2.75, 3.05) is 26.7 Å². The summed E-state index contributed by atoms with van der Waals surface area (Å²) in [6.07, 6.45) is 1.32. The van der Waals surface area contributed by atoms with Crippen LogP contribution in [0.3, 0.4) is 0 Å². The van der Waals surface area contributed by atoms with E-state index in [-0.39, 0.29) is 5.91 Å². The summed E-state index contributed by atoms with van der Waals surface area (Å²) in [5, 5.41) is 3.35. The molecule has 0 aromatic heterocycles. The second kappa shape index (κ2) is 7.09. The molecule has 1 saturated heterocycles. The van der Waals surface area contributed by atoms with Gasteiger partial charge in [-0.25, -0.2) is 0 Å². The van der Waals surface area contributed by atoms with Crippen molar-refractivity contribution in [2.45, 2.75) is 25.8 Å². The van der Waals surface area contributed by atoms with Crippen molar-refractivity contribution < 1.29 is 9.53 Å². The molecular formula is C15H21BrN2O2. The van der Waals surface area contributed by atoms with E-state index in [1.807, 2.05) is 23.1 Å². The summed E-state index contributed by atoms with van der Waals surface area (Å²) in [4.78, 5) is 14.1. The molecule has 5 heteroatoms. The maximum atomic E-state index is 12.2. The second-order valence-electron chi connectivity index (χ2n) is 5.16. The molecule has 0 aliphatic carbocycles. The van der Waals surface area contributed by atoms with Gasteiger partial charge in [-0.1, -0.05) is 6.07 Å². The predicted octanol–water partition coefficient (Wildman–Crippen LogP) is 2.21. The van der Waals surface area contributed by atoms with Gasteiger partial charge in [0.05, 0.1) is 11.6 Å². The zero-order valence-electron chi connectivity index (χ0n) is 12.0. The molecule has 1 unspecified atom stereocenters. The Kier molecular flexibility index (Phi) is 5.43. The zero-order chi connectivity index (χ0) is 14.5. The van der Waals surface area contributed by atoms with Crippen LogP contribution in [-0.2, 0) is 11.2 Å². The number of amides is 1. The first-order valence-electron chi connectivity index (χ1n) is 6.93. The third-order valence-corrected chi connectivity index (χ3v) is 4.18. The molecule has 0 bridgehead atoms. The van der Waals surface area contributed by atoms with E-state index >= 15 is 0 Å². The molecule has 1 fully saturated rings. The van der Waals surface area contributed by atoms with Crippen LogP contribution < -0.4 is 10.1 Å². The van der Waals surface area contributed by atoms with Gasteiger partial charge in [-0.3, -0.25) is 4.79 Å². The maximum absolute atomic E-state index is 12.2. The SMILES string of the molecule is COc1ccc(CCC(=O)N2CCNC(C)C2)cc1Br. The molecule has 2 rings (SSSR count). The summed E-state index contributed by atoms with van der Waals surface area (Å²) >= 11 is 3.47. The summed E-state index contributed by atoms with van der Waals surface area (Å²) in [6.45, 7) is 4.63. The van der Waals surface area contributed by atoms with Crippen LogP contribution in [0, 0.1) is 0 Å². The van der Waals surface area contributed by atoms with E-state index in [1.54, 1.807) is 7.11 Å². The molecule has 0 radical (unpaired) electrons. The number of halogens is 1. The van der Waals surface area contributed by atoms with E-state index in [2.05, 4.69) is 28.2 Å². The Hall–Kier alpha value is -1.07. The average molecular weight is 341 g/mol. The standard InChI is InChI=1S/C15H21BrN2O2/c1-11-10-18(8-7-17-11)15(19)6-4-12-3-5-14(20-2)13(16)9-12/h3,5,9,11,17H,4,6-8,10H2,1-2H3. The summed E-state index contributed by atoms with van der Waals surface area (Å²) in [7, 11) is 1.65. The van der Waals surface area contributed by atoms with Gasteiger partial charge in [0.1, 0.15) is 5.75 Å². The van der Waals surface area contributed by atoms with Gasteiger partial charge >= 0.3 is 0 Å². The maximum Gasteiger partial charge on any atom is 0.222 e. The molecule has 1 heterocycles. The molecule has 1 aromatic rings. The number of hydrogen-bond donors (Lipinski definition) is 1. The fourth-order valence-corrected chi connectivity index (χ4v) is 3.02. The molecule has 1 aliphatic heterocycles. The Balaban J connectivity index is 1.88. The minimum absolute atomic E-state index is 0.241. The molecule has 4 nitrogen and oxygen atoms in total. The first kappa shape index (κ1) is 15.3. The van der Waals surface area contributed by atoms with E-state index in [4.69, 9.17) is 4.74 Å². The summed E-state index contributed by atoms with van der Waals surface area (Å²) < 4.78 is 6.13. The van der Waals surface area contributed by atoms with Crippen LogP contribution in [0.15, 0.2) is 22.7 Å². The van der Waals surface area contributed by atoms with E-state index in [9.17, 15) is 4.79 Å². The Morgan fingerprint density at radius 2 is 2.35 bits per heavy atom. The lowest BCUT2D eigenvalue weighted by molar-refractivity contribution is -0.132. The number of methoxy groups -OCH3 is 1.